The smallest absolute Gasteiger partial charge is 0.151 e. The van der Waals surface area contributed by atoms with Crippen molar-refractivity contribution in [2.24, 2.45) is 5.92 Å². The van der Waals surface area contributed by atoms with Gasteiger partial charge in [-0.05, 0) is 12.0 Å². The largest absolute Gasteiger partial charge is 0.395 e. The highest BCUT2D eigenvalue weighted by Gasteiger charge is 2.09. The number of hydrogen-bond donors (Lipinski definition) is 2. The zero-order valence-corrected chi connectivity index (χ0v) is 9.39. The summed E-state index contributed by atoms with van der Waals surface area (Å²) in [5.41, 5.74) is 5.69. The van der Waals surface area contributed by atoms with Gasteiger partial charge in [0.15, 0.2) is 5.82 Å². The number of nitrogens with one attached hydrogen (secondary N) is 1. The summed E-state index contributed by atoms with van der Waals surface area (Å²) >= 11 is 0. The first-order valence-electron chi connectivity index (χ1n) is 5.02. The van der Waals surface area contributed by atoms with Crippen molar-refractivity contribution < 1.29 is 13.5 Å². The molecule has 0 amide bonds. The number of ether oxygens (including phenoxy) is 1. The Morgan fingerprint density at radius 3 is 2.75 bits per heavy atom. The monoisotopic (exact) mass is 230 g/mol. The van der Waals surface area contributed by atoms with Gasteiger partial charge in [0.1, 0.15) is 5.82 Å². The Hall–Kier alpha value is -1.36. The molecule has 0 saturated carbocycles. The topological polar surface area (TPSA) is 47.3 Å². The van der Waals surface area contributed by atoms with E-state index in [4.69, 9.17) is 10.5 Å². The van der Waals surface area contributed by atoms with E-state index in [0.717, 1.165) is 6.07 Å². The van der Waals surface area contributed by atoms with Crippen LogP contribution in [0.25, 0.3) is 0 Å². The van der Waals surface area contributed by atoms with Gasteiger partial charge in [-0.15, -0.1) is 0 Å². The molecule has 0 aromatic heterocycles. The Labute approximate surface area is 93.6 Å². The molecular weight excluding hydrogens is 214 g/mol. The number of methoxy groups -OCH3 is 1. The van der Waals surface area contributed by atoms with Gasteiger partial charge in [-0.3, -0.25) is 0 Å². The normalized spacial score (nSPS) is 12.5. The van der Waals surface area contributed by atoms with E-state index in [1.807, 2.05) is 6.92 Å². The summed E-state index contributed by atoms with van der Waals surface area (Å²) in [6.07, 6.45) is 0. The summed E-state index contributed by atoms with van der Waals surface area (Å²) in [6.45, 7) is 3.08. The molecule has 3 N–H and O–H groups in total. The van der Waals surface area contributed by atoms with Crippen molar-refractivity contribution in [1.29, 1.82) is 0 Å². The van der Waals surface area contributed by atoms with Gasteiger partial charge in [0.05, 0.1) is 18.0 Å². The van der Waals surface area contributed by atoms with Crippen LogP contribution in [0.1, 0.15) is 6.92 Å². The summed E-state index contributed by atoms with van der Waals surface area (Å²) in [5.74, 6) is -1.16. The van der Waals surface area contributed by atoms with Crippen LogP contribution in [0.2, 0.25) is 0 Å². The predicted molar refractivity (Wildman–Crippen MR) is 60.3 cm³/mol. The van der Waals surface area contributed by atoms with Gasteiger partial charge >= 0.3 is 0 Å². The maximum Gasteiger partial charge on any atom is 0.151 e. The van der Waals surface area contributed by atoms with E-state index < -0.39 is 11.6 Å². The molecule has 0 radical (unpaired) electrons. The number of halogens is 2. The second-order valence-electron chi connectivity index (χ2n) is 3.79. The predicted octanol–water partition coefficient (Wildman–Crippen LogP) is 2.24. The Bertz CT molecular complexity index is 358. The van der Waals surface area contributed by atoms with E-state index in [-0.39, 0.29) is 17.3 Å². The Morgan fingerprint density at radius 2 is 2.12 bits per heavy atom. The van der Waals surface area contributed by atoms with Crippen LogP contribution in [0, 0.1) is 17.6 Å². The summed E-state index contributed by atoms with van der Waals surface area (Å²) in [7, 11) is 1.60. The number of anilines is 2. The molecule has 1 aromatic rings. The van der Waals surface area contributed by atoms with Gasteiger partial charge in [-0.1, -0.05) is 6.92 Å². The van der Waals surface area contributed by atoms with Crippen molar-refractivity contribution in [2.75, 3.05) is 31.3 Å². The molecule has 0 fully saturated rings. The maximum atomic E-state index is 13.1. The molecule has 0 heterocycles. The van der Waals surface area contributed by atoms with E-state index in [9.17, 15) is 8.78 Å². The molecule has 1 unspecified atom stereocenters. The molecule has 16 heavy (non-hydrogen) atoms. The average molecular weight is 230 g/mol. The van der Waals surface area contributed by atoms with E-state index >= 15 is 0 Å². The molecule has 0 bridgehead atoms. The first kappa shape index (κ1) is 12.7. The standard InChI is InChI=1S/C11H16F2N2O/c1-7(6-16-2)5-15-10-4-8(12)3-9(13)11(10)14/h3-4,7,15H,5-6,14H2,1-2H3. The molecule has 1 rings (SSSR count). The van der Waals surface area contributed by atoms with Gasteiger partial charge in [0, 0.05) is 19.7 Å². The minimum atomic E-state index is -0.748. The minimum absolute atomic E-state index is 0.0639. The summed E-state index contributed by atoms with van der Waals surface area (Å²) in [5, 5.41) is 2.89. The number of hydrogen-bond acceptors (Lipinski definition) is 3. The first-order chi connectivity index (χ1) is 7.54. The van der Waals surface area contributed by atoms with Crippen molar-refractivity contribution in [3.05, 3.63) is 23.8 Å². The minimum Gasteiger partial charge on any atom is -0.395 e. The third-order valence-electron chi connectivity index (χ3n) is 2.19. The fraction of sp³-hybridized carbons (Fsp3) is 0.455. The second kappa shape index (κ2) is 5.65. The van der Waals surface area contributed by atoms with Crippen molar-refractivity contribution >= 4 is 11.4 Å². The fourth-order valence-corrected chi connectivity index (χ4v) is 1.36. The van der Waals surface area contributed by atoms with E-state index in [1.165, 1.54) is 6.07 Å². The lowest BCUT2D eigenvalue weighted by Crippen LogP contribution is -2.16. The van der Waals surface area contributed by atoms with Crippen LogP contribution in [0.5, 0.6) is 0 Å². The molecule has 0 aliphatic rings. The fourth-order valence-electron chi connectivity index (χ4n) is 1.36. The molecular formula is C11H16F2N2O. The van der Waals surface area contributed by atoms with Crippen LogP contribution in [-0.2, 0) is 4.74 Å². The van der Waals surface area contributed by atoms with E-state index in [1.54, 1.807) is 7.11 Å². The lowest BCUT2D eigenvalue weighted by atomic mass is 10.2. The quantitative estimate of drug-likeness (QED) is 0.763. The molecule has 0 aliphatic heterocycles. The van der Waals surface area contributed by atoms with Crippen molar-refractivity contribution in [2.45, 2.75) is 6.92 Å². The Morgan fingerprint density at radius 1 is 1.44 bits per heavy atom. The van der Waals surface area contributed by atoms with Crippen molar-refractivity contribution in [3.63, 3.8) is 0 Å². The van der Waals surface area contributed by atoms with Crippen molar-refractivity contribution in [1.82, 2.24) is 0 Å². The van der Waals surface area contributed by atoms with Crippen LogP contribution in [0.4, 0.5) is 20.2 Å². The van der Waals surface area contributed by atoms with Crippen LogP contribution < -0.4 is 11.1 Å². The molecule has 0 saturated heterocycles. The van der Waals surface area contributed by atoms with Gasteiger partial charge in [0.2, 0.25) is 0 Å². The zero-order chi connectivity index (χ0) is 12.1. The molecule has 0 aliphatic carbocycles. The third-order valence-corrected chi connectivity index (χ3v) is 2.19. The number of nitrogens with two attached hydrogens (primary N) is 1. The van der Waals surface area contributed by atoms with Crippen molar-refractivity contribution in [3.8, 4) is 0 Å². The Kier molecular flexibility index (Phi) is 4.49. The van der Waals surface area contributed by atoms with Gasteiger partial charge in [-0.25, -0.2) is 8.78 Å². The van der Waals surface area contributed by atoms with Gasteiger partial charge in [0.25, 0.3) is 0 Å². The summed E-state index contributed by atoms with van der Waals surface area (Å²) in [4.78, 5) is 0. The maximum absolute atomic E-state index is 13.1. The van der Waals surface area contributed by atoms with Gasteiger partial charge in [-0.2, -0.15) is 0 Å². The average Bonchev–Trinajstić information content (AvgIpc) is 2.21. The lowest BCUT2D eigenvalue weighted by molar-refractivity contribution is 0.164. The first-order valence-corrected chi connectivity index (χ1v) is 5.02. The van der Waals surface area contributed by atoms with Gasteiger partial charge < -0.3 is 15.8 Å². The molecule has 90 valence electrons. The van der Waals surface area contributed by atoms with E-state index in [0.29, 0.717) is 13.2 Å². The SMILES string of the molecule is COCC(C)CNc1cc(F)cc(F)c1N. The lowest BCUT2D eigenvalue weighted by Gasteiger charge is -2.14. The molecule has 0 spiro atoms. The molecule has 1 atom stereocenters. The highest BCUT2D eigenvalue weighted by molar-refractivity contribution is 5.66. The number of benzene rings is 1. The molecule has 5 heteroatoms. The summed E-state index contributed by atoms with van der Waals surface area (Å²) in [6, 6.07) is 1.94. The third kappa shape index (κ3) is 3.34. The number of nitrogen functional groups attached to an aromatic ring is 1. The van der Waals surface area contributed by atoms with Crippen LogP contribution >= 0.6 is 0 Å². The van der Waals surface area contributed by atoms with Crippen LogP contribution in [0.15, 0.2) is 12.1 Å². The number of rotatable bonds is 5. The highest BCUT2D eigenvalue weighted by atomic mass is 19.1. The summed E-state index contributed by atoms with van der Waals surface area (Å²) < 4.78 is 31.0. The zero-order valence-electron chi connectivity index (χ0n) is 9.39. The molecule has 1 aromatic carbocycles. The van der Waals surface area contributed by atoms with Crippen LogP contribution in [-0.4, -0.2) is 20.3 Å². The van der Waals surface area contributed by atoms with Crippen LogP contribution in [0.3, 0.4) is 0 Å². The van der Waals surface area contributed by atoms with E-state index in [2.05, 4.69) is 5.32 Å². The second-order valence-corrected chi connectivity index (χ2v) is 3.79. The highest BCUT2D eigenvalue weighted by Crippen LogP contribution is 2.23. The molecule has 3 nitrogen and oxygen atoms in total. The Balaban J connectivity index is 2.66.